The van der Waals surface area contributed by atoms with Gasteiger partial charge in [0.25, 0.3) is 0 Å². The minimum atomic E-state index is -0.505. The smallest absolute Gasteiger partial charge is 0.315 e. The molecular formula is C16H25FN2O2. The van der Waals surface area contributed by atoms with Gasteiger partial charge in [-0.05, 0) is 24.5 Å². The lowest BCUT2D eigenvalue weighted by molar-refractivity contribution is 0.199. The lowest BCUT2D eigenvalue weighted by atomic mass is 9.84. The molecule has 118 valence electrons. The minimum Gasteiger partial charge on any atom is -0.396 e. The number of amides is 2. The van der Waals surface area contributed by atoms with Gasteiger partial charge in [-0.1, -0.05) is 39.0 Å². The van der Waals surface area contributed by atoms with Gasteiger partial charge in [-0.3, -0.25) is 0 Å². The number of aliphatic hydroxyl groups is 1. The maximum Gasteiger partial charge on any atom is 0.315 e. The highest BCUT2D eigenvalue weighted by molar-refractivity contribution is 5.74. The van der Waals surface area contributed by atoms with E-state index in [9.17, 15) is 9.18 Å². The van der Waals surface area contributed by atoms with Crippen LogP contribution in [0.25, 0.3) is 0 Å². The summed E-state index contributed by atoms with van der Waals surface area (Å²) in [6.07, 6.45) is 0. The summed E-state index contributed by atoms with van der Waals surface area (Å²) in [6.45, 7) is 7.79. The lowest BCUT2D eigenvalue weighted by Crippen LogP contribution is -2.47. The van der Waals surface area contributed by atoms with Crippen molar-refractivity contribution in [1.82, 2.24) is 10.6 Å². The molecule has 2 amide bonds. The van der Waals surface area contributed by atoms with Crippen molar-refractivity contribution < 1.29 is 14.3 Å². The highest BCUT2D eigenvalue weighted by Crippen LogP contribution is 2.24. The molecule has 0 aliphatic heterocycles. The summed E-state index contributed by atoms with van der Waals surface area (Å²) in [7, 11) is 0. The normalized spacial score (nSPS) is 14.4. The van der Waals surface area contributed by atoms with E-state index in [4.69, 9.17) is 5.11 Å². The fourth-order valence-electron chi connectivity index (χ4n) is 1.96. The third-order valence-electron chi connectivity index (χ3n) is 3.79. The van der Waals surface area contributed by atoms with E-state index in [1.807, 2.05) is 27.7 Å². The summed E-state index contributed by atoms with van der Waals surface area (Å²) in [5.41, 5.74) is 0.0659. The molecule has 1 aromatic rings. The molecule has 0 aliphatic rings. The molecule has 0 saturated carbocycles. The third-order valence-corrected chi connectivity index (χ3v) is 3.79. The highest BCUT2D eigenvalue weighted by atomic mass is 19.1. The monoisotopic (exact) mass is 296 g/mol. The van der Waals surface area contributed by atoms with E-state index in [2.05, 4.69) is 10.6 Å². The number of hydrogen-bond acceptors (Lipinski definition) is 2. The average molecular weight is 296 g/mol. The second kappa shape index (κ2) is 7.41. The maximum absolute atomic E-state index is 13.8. The van der Waals surface area contributed by atoms with Gasteiger partial charge in [-0.2, -0.15) is 0 Å². The third kappa shape index (κ3) is 5.01. The van der Waals surface area contributed by atoms with Crippen molar-refractivity contribution in [2.24, 2.45) is 5.92 Å². The van der Waals surface area contributed by atoms with E-state index in [0.29, 0.717) is 12.1 Å². The molecule has 1 aromatic carbocycles. The fourth-order valence-corrected chi connectivity index (χ4v) is 1.96. The van der Waals surface area contributed by atoms with Crippen LogP contribution >= 0.6 is 0 Å². The maximum atomic E-state index is 13.8. The molecule has 3 N–H and O–H groups in total. The van der Waals surface area contributed by atoms with Crippen LogP contribution in [0.4, 0.5) is 9.18 Å². The van der Waals surface area contributed by atoms with Crippen LogP contribution < -0.4 is 10.6 Å². The van der Waals surface area contributed by atoms with Crippen molar-refractivity contribution in [2.75, 3.05) is 13.2 Å². The Morgan fingerprint density at radius 3 is 2.52 bits per heavy atom. The SMILES string of the molecule is CC(CO)C(C)NC(=O)NCC(C)(C)c1ccccc1F. The number of urea groups is 1. The zero-order chi connectivity index (χ0) is 16.0. The van der Waals surface area contributed by atoms with Gasteiger partial charge in [0.05, 0.1) is 0 Å². The number of rotatable bonds is 6. The molecule has 2 atom stereocenters. The summed E-state index contributed by atoms with van der Waals surface area (Å²) in [5.74, 6) is -0.290. The lowest BCUT2D eigenvalue weighted by Gasteiger charge is -2.27. The van der Waals surface area contributed by atoms with Gasteiger partial charge < -0.3 is 15.7 Å². The molecule has 0 heterocycles. The van der Waals surface area contributed by atoms with E-state index in [1.165, 1.54) is 6.07 Å². The molecule has 0 radical (unpaired) electrons. The number of benzene rings is 1. The topological polar surface area (TPSA) is 61.4 Å². The van der Waals surface area contributed by atoms with Crippen LogP contribution in [-0.4, -0.2) is 30.3 Å². The van der Waals surface area contributed by atoms with E-state index in [1.54, 1.807) is 18.2 Å². The predicted octanol–water partition coefficient (Wildman–Crippen LogP) is 2.42. The molecule has 4 nitrogen and oxygen atoms in total. The molecule has 0 saturated heterocycles. The second-order valence-corrected chi connectivity index (χ2v) is 6.14. The minimum absolute atomic E-state index is 0.0160. The van der Waals surface area contributed by atoms with E-state index in [-0.39, 0.29) is 30.4 Å². The van der Waals surface area contributed by atoms with Crippen LogP contribution in [0, 0.1) is 11.7 Å². The van der Waals surface area contributed by atoms with E-state index < -0.39 is 5.41 Å². The number of aliphatic hydroxyl groups excluding tert-OH is 1. The number of nitrogens with one attached hydrogen (secondary N) is 2. The molecule has 1 rings (SSSR count). The summed E-state index contributed by atoms with van der Waals surface area (Å²) >= 11 is 0. The molecule has 2 unspecified atom stereocenters. The molecule has 0 fully saturated rings. The summed E-state index contributed by atoms with van der Waals surface area (Å²) in [5, 5.41) is 14.6. The van der Waals surface area contributed by atoms with E-state index >= 15 is 0 Å². The average Bonchev–Trinajstić information content (AvgIpc) is 2.44. The first-order valence-corrected chi connectivity index (χ1v) is 7.18. The Labute approximate surface area is 125 Å². The van der Waals surface area contributed by atoms with Crippen LogP contribution in [0.2, 0.25) is 0 Å². The molecule has 5 heteroatoms. The predicted molar refractivity (Wildman–Crippen MR) is 81.7 cm³/mol. The van der Waals surface area contributed by atoms with Crippen LogP contribution in [0.3, 0.4) is 0 Å². The number of carbonyl (C=O) groups excluding carboxylic acids is 1. The van der Waals surface area contributed by atoms with Gasteiger partial charge in [0, 0.05) is 24.6 Å². The Balaban J connectivity index is 2.58. The summed E-state index contributed by atoms with van der Waals surface area (Å²) < 4.78 is 13.8. The number of hydrogen-bond donors (Lipinski definition) is 3. The molecular weight excluding hydrogens is 271 g/mol. The number of carbonyl (C=O) groups is 1. The first kappa shape index (κ1) is 17.4. The van der Waals surface area contributed by atoms with Crippen LogP contribution in [0.5, 0.6) is 0 Å². The van der Waals surface area contributed by atoms with Gasteiger partial charge in [0.1, 0.15) is 5.82 Å². The first-order valence-electron chi connectivity index (χ1n) is 7.18. The Morgan fingerprint density at radius 1 is 1.33 bits per heavy atom. The number of halogens is 1. The Bertz CT molecular complexity index is 477. The quantitative estimate of drug-likeness (QED) is 0.755. The van der Waals surface area contributed by atoms with E-state index in [0.717, 1.165) is 0 Å². The van der Waals surface area contributed by atoms with Gasteiger partial charge in [-0.15, -0.1) is 0 Å². The fraction of sp³-hybridized carbons (Fsp3) is 0.562. The zero-order valence-corrected chi connectivity index (χ0v) is 13.1. The van der Waals surface area contributed by atoms with Crippen molar-refractivity contribution in [3.8, 4) is 0 Å². The van der Waals surface area contributed by atoms with Crippen molar-refractivity contribution >= 4 is 6.03 Å². The molecule has 0 spiro atoms. The zero-order valence-electron chi connectivity index (χ0n) is 13.1. The molecule has 0 aromatic heterocycles. The van der Waals surface area contributed by atoms with Gasteiger partial charge in [-0.25, -0.2) is 9.18 Å². The summed E-state index contributed by atoms with van der Waals surface area (Å²) in [4.78, 5) is 11.8. The summed E-state index contributed by atoms with van der Waals surface area (Å²) in [6, 6.07) is 6.13. The van der Waals surface area contributed by atoms with Crippen LogP contribution in [0.15, 0.2) is 24.3 Å². The molecule has 0 aliphatic carbocycles. The van der Waals surface area contributed by atoms with Crippen molar-refractivity contribution in [3.05, 3.63) is 35.6 Å². The van der Waals surface area contributed by atoms with Crippen LogP contribution in [0.1, 0.15) is 33.3 Å². The van der Waals surface area contributed by atoms with Gasteiger partial charge in [0.15, 0.2) is 0 Å². The largest absolute Gasteiger partial charge is 0.396 e. The van der Waals surface area contributed by atoms with Crippen LogP contribution in [-0.2, 0) is 5.41 Å². The van der Waals surface area contributed by atoms with Crippen molar-refractivity contribution in [1.29, 1.82) is 0 Å². The molecule has 21 heavy (non-hydrogen) atoms. The van der Waals surface area contributed by atoms with Crippen molar-refractivity contribution in [3.63, 3.8) is 0 Å². The standard InChI is InChI=1S/C16H25FN2O2/c1-11(9-20)12(2)19-15(21)18-10-16(3,4)13-7-5-6-8-14(13)17/h5-8,11-12,20H,9-10H2,1-4H3,(H2,18,19,21). The Morgan fingerprint density at radius 2 is 1.95 bits per heavy atom. The molecule has 0 bridgehead atoms. The highest BCUT2D eigenvalue weighted by Gasteiger charge is 2.25. The second-order valence-electron chi connectivity index (χ2n) is 6.14. The first-order chi connectivity index (χ1) is 9.77. The van der Waals surface area contributed by atoms with Gasteiger partial charge >= 0.3 is 6.03 Å². The van der Waals surface area contributed by atoms with Crippen molar-refractivity contribution in [2.45, 2.75) is 39.2 Å². The Kier molecular flexibility index (Phi) is 6.15. The Hall–Kier alpha value is -1.62. The van der Waals surface area contributed by atoms with Gasteiger partial charge in [0.2, 0.25) is 0 Å².